The Kier molecular flexibility index (Phi) is 6.88. The lowest BCUT2D eigenvalue weighted by Crippen LogP contribution is -2.37. The second kappa shape index (κ2) is 9.56. The smallest absolute Gasteiger partial charge is 0.251 e. The Bertz CT molecular complexity index is 762. The van der Waals surface area contributed by atoms with Crippen LogP contribution in [0.4, 0.5) is 0 Å². The summed E-state index contributed by atoms with van der Waals surface area (Å²) in [5.74, 6) is 0.0522. The van der Waals surface area contributed by atoms with Gasteiger partial charge in [0, 0.05) is 36.1 Å². The van der Waals surface area contributed by atoms with E-state index in [-0.39, 0.29) is 11.8 Å². The molecule has 5 heteroatoms. The molecule has 1 saturated heterocycles. The third-order valence-corrected chi connectivity index (χ3v) is 5.22. The normalized spacial score (nSPS) is 16.3. The fraction of sp³-hybridized carbons (Fsp3) is 0.364. The van der Waals surface area contributed by atoms with Crippen molar-refractivity contribution in [1.29, 1.82) is 0 Å². The van der Waals surface area contributed by atoms with Gasteiger partial charge in [-0.3, -0.25) is 9.59 Å². The molecule has 27 heavy (non-hydrogen) atoms. The van der Waals surface area contributed by atoms with Crippen LogP contribution in [0.5, 0.6) is 0 Å². The molecule has 2 amide bonds. The van der Waals surface area contributed by atoms with Crippen molar-refractivity contribution in [3.63, 3.8) is 0 Å². The Hall–Kier alpha value is -2.33. The summed E-state index contributed by atoms with van der Waals surface area (Å²) in [6, 6.07) is 17.4. The third-order valence-electron chi connectivity index (χ3n) is 4.97. The van der Waals surface area contributed by atoms with E-state index in [9.17, 15) is 9.59 Å². The molecule has 0 bridgehead atoms. The maximum absolute atomic E-state index is 12.6. The summed E-state index contributed by atoms with van der Waals surface area (Å²) in [6.45, 7) is 1.33. The molecule has 1 fully saturated rings. The zero-order valence-electron chi connectivity index (χ0n) is 15.4. The molecular weight excluding hydrogens is 360 g/mol. The molecule has 0 saturated carbocycles. The van der Waals surface area contributed by atoms with E-state index in [2.05, 4.69) is 17.4 Å². The van der Waals surface area contributed by atoms with Gasteiger partial charge in [0.25, 0.3) is 5.91 Å². The van der Waals surface area contributed by atoms with Crippen molar-refractivity contribution in [3.8, 4) is 0 Å². The molecule has 142 valence electrons. The van der Waals surface area contributed by atoms with Crippen LogP contribution in [0, 0.1) is 0 Å². The lowest BCUT2D eigenvalue weighted by Gasteiger charge is -2.25. The van der Waals surface area contributed by atoms with Gasteiger partial charge in [-0.15, -0.1) is 0 Å². The Morgan fingerprint density at radius 1 is 1.07 bits per heavy atom. The summed E-state index contributed by atoms with van der Waals surface area (Å²) in [5, 5.41) is 3.47. The number of carbonyl (C=O) groups excluding carboxylic acids is 2. The van der Waals surface area contributed by atoms with Crippen LogP contribution < -0.4 is 5.32 Å². The van der Waals surface area contributed by atoms with E-state index in [0.29, 0.717) is 36.0 Å². The molecule has 1 aliphatic rings. The van der Waals surface area contributed by atoms with E-state index in [1.165, 1.54) is 5.56 Å². The Morgan fingerprint density at radius 2 is 1.81 bits per heavy atom. The highest BCUT2D eigenvalue weighted by Crippen LogP contribution is 2.22. The molecule has 1 unspecified atom stereocenters. The van der Waals surface area contributed by atoms with Crippen LogP contribution in [0.25, 0.3) is 0 Å². The van der Waals surface area contributed by atoms with Crippen LogP contribution in [-0.4, -0.2) is 35.8 Å². The minimum atomic E-state index is -0.137. The predicted molar refractivity (Wildman–Crippen MR) is 108 cm³/mol. The highest BCUT2D eigenvalue weighted by atomic mass is 35.5. The molecule has 1 atom stereocenters. The zero-order valence-corrected chi connectivity index (χ0v) is 16.1. The van der Waals surface area contributed by atoms with Gasteiger partial charge in [-0.1, -0.05) is 41.9 Å². The number of halogens is 1. The van der Waals surface area contributed by atoms with Crippen molar-refractivity contribution in [1.82, 2.24) is 10.2 Å². The average Bonchev–Trinajstić information content (AvgIpc) is 3.14. The molecule has 2 aromatic rings. The van der Waals surface area contributed by atoms with Crippen molar-refractivity contribution in [3.05, 3.63) is 70.7 Å². The first-order valence-corrected chi connectivity index (χ1v) is 9.88. The van der Waals surface area contributed by atoms with Gasteiger partial charge in [0.05, 0.1) is 0 Å². The molecule has 0 aromatic heterocycles. The number of amides is 2. The van der Waals surface area contributed by atoms with Gasteiger partial charge in [0.2, 0.25) is 5.91 Å². The second-order valence-corrected chi connectivity index (χ2v) is 7.38. The van der Waals surface area contributed by atoms with Gasteiger partial charge in [-0.05, 0) is 55.5 Å². The van der Waals surface area contributed by atoms with Gasteiger partial charge in [-0.2, -0.15) is 0 Å². The van der Waals surface area contributed by atoms with Crippen LogP contribution in [0.1, 0.15) is 41.6 Å². The van der Waals surface area contributed by atoms with Crippen LogP contribution in [-0.2, 0) is 11.2 Å². The van der Waals surface area contributed by atoms with Crippen molar-refractivity contribution in [2.75, 3.05) is 13.1 Å². The van der Waals surface area contributed by atoms with Crippen LogP contribution in [0.2, 0.25) is 5.02 Å². The van der Waals surface area contributed by atoms with Crippen LogP contribution in [0.3, 0.4) is 0 Å². The van der Waals surface area contributed by atoms with Crippen molar-refractivity contribution >= 4 is 23.4 Å². The van der Waals surface area contributed by atoms with E-state index >= 15 is 0 Å². The van der Waals surface area contributed by atoms with Gasteiger partial charge in [0.1, 0.15) is 0 Å². The van der Waals surface area contributed by atoms with E-state index in [4.69, 9.17) is 11.6 Å². The number of hydrogen-bond acceptors (Lipinski definition) is 2. The summed E-state index contributed by atoms with van der Waals surface area (Å²) < 4.78 is 0. The van der Waals surface area contributed by atoms with E-state index in [1.807, 2.05) is 23.1 Å². The minimum Gasteiger partial charge on any atom is -0.352 e. The first kappa shape index (κ1) is 19.4. The lowest BCUT2D eigenvalue weighted by molar-refractivity contribution is -0.132. The number of rotatable bonds is 7. The third kappa shape index (κ3) is 5.57. The van der Waals surface area contributed by atoms with Crippen LogP contribution >= 0.6 is 11.6 Å². The van der Waals surface area contributed by atoms with Crippen molar-refractivity contribution in [2.24, 2.45) is 0 Å². The summed E-state index contributed by atoms with van der Waals surface area (Å²) in [5.41, 5.74) is 1.85. The van der Waals surface area contributed by atoms with Crippen molar-refractivity contribution < 1.29 is 9.59 Å². The topological polar surface area (TPSA) is 49.4 Å². The molecule has 2 aromatic carbocycles. The summed E-state index contributed by atoms with van der Waals surface area (Å²) in [7, 11) is 0. The zero-order chi connectivity index (χ0) is 19.1. The van der Waals surface area contributed by atoms with Gasteiger partial charge in [0.15, 0.2) is 0 Å². The number of nitrogens with zero attached hydrogens (tertiary/aromatic N) is 1. The fourth-order valence-electron chi connectivity index (χ4n) is 3.55. The van der Waals surface area contributed by atoms with E-state index in [1.54, 1.807) is 24.3 Å². The number of benzene rings is 2. The minimum absolute atomic E-state index is 0.137. The predicted octanol–water partition coefficient (Wildman–Crippen LogP) is 4.08. The lowest BCUT2D eigenvalue weighted by atomic mass is 10.0. The molecule has 0 spiro atoms. The Labute approximate surface area is 165 Å². The maximum atomic E-state index is 12.6. The SMILES string of the molecule is O=C(NCCCC(=O)N1CCCC1Cc1ccccc1)c1ccc(Cl)cc1. The second-order valence-electron chi connectivity index (χ2n) is 6.94. The largest absolute Gasteiger partial charge is 0.352 e. The maximum Gasteiger partial charge on any atom is 0.251 e. The van der Waals surface area contributed by atoms with E-state index in [0.717, 1.165) is 25.8 Å². The highest BCUT2D eigenvalue weighted by molar-refractivity contribution is 6.30. The molecule has 4 nitrogen and oxygen atoms in total. The van der Waals surface area contributed by atoms with Gasteiger partial charge in [-0.25, -0.2) is 0 Å². The molecule has 3 rings (SSSR count). The van der Waals surface area contributed by atoms with Gasteiger partial charge >= 0.3 is 0 Å². The first-order chi connectivity index (χ1) is 13.1. The number of hydrogen-bond donors (Lipinski definition) is 1. The van der Waals surface area contributed by atoms with Crippen LogP contribution in [0.15, 0.2) is 54.6 Å². The summed E-state index contributed by atoms with van der Waals surface area (Å²) >= 11 is 5.83. The molecule has 1 aliphatic heterocycles. The number of likely N-dealkylation sites (tertiary alicyclic amines) is 1. The highest BCUT2D eigenvalue weighted by Gasteiger charge is 2.28. The number of nitrogens with one attached hydrogen (secondary N) is 1. The summed E-state index contributed by atoms with van der Waals surface area (Å²) in [4.78, 5) is 26.7. The van der Waals surface area contributed by atoms with E-state index < -0.39 is 0 Å². The molecule has 1 N–H and O–H groups in total. The van der Waals surface area contributed by atoms with Gasteiger partial charge < -0.3 is 10.2 Å². The molecular formula is C22H25ClN2O2. The Morgan fingerprint density at radius 3 is 2.56 bits per heavy atom. The Balaban J connectivity index is 1.42. The first-order valence-electron chi connectivity index (χ1n) is 9.50. The molecule has 1 heterocycles. The summed E-state index contributed by atoms with van der Waals surface area (Å²) in [6.07, 6.45) is 4.16. The fourth-order valence-corrected chi connectivity index (χ4v) is 3.68. The monoisotopic (exact) mass is 384 g/mol. The molecule has 0 radical (unpaired) electrons. The number of carbonyl (C=O) groups is 2. The quantitative estimate of drug-likeness (QED) is 0.731. The molecule has 0 aliphatic carbocycles. The standard InChI is InChI=1S/C22H25ClN2O2/c23-19-12-10-18(11-13-19)22(27)24-14-4-9-21(26)25-15-5-8-20(25)16-17-6-2-1-3-7-17/h1-3,6-7,10-13,20H,4-5,8-9,14-16H2,(H,24,27). The van der Waals surface area contributed by atoms with Crippen molar-refractivity contribution in [2.45, 2.75) is 38.1 Å². The average molecular weight is 385 g/mol.